The SMILES string of the molecule is O=C(C=Cc1ccccc1)NC(=S)Nc1ccc(S(=O)(=O)Nc2ccc(C(F)(F)F)cc2)cc1. The van der Waals surface area contributed by atoms with Gasteiger partial charge in [-0.1, -0.05) is 30.3 Å². The zero-order valence-electron chi connectivity index (χ0n) is 17.3. The van der Waals surface area contributed by atoms with Gasteiger partial charge in [-0.2, -0.15) is 13.2 Å². The largest absolute Gasteiger partial charge is 0.416 e. The van der Waals surface area contributed by atoms with Crippen LogP contribution in [0, 0.1) is 0 Å². The van der Waals surface area contributed by atoms with Crippen molar-refractivity contribution < 1.29 is 26.4 Å². The maximum absolute atomic E-state index is 12.6. The summed E-state index contributed by atoms with van der Waals surface area (Å²) in [4.78, 5) is 11.9. The number of amides is 1. The van der Waals surface area contributed by atoms with Crippen LogP contribution >= 0.6 is 12.2 Å². The van der Waals surface area contributed by atoms with Gasteiger partial charge in [0.25, 0.3) is 10.0 Å². The van der Waals surface area contributed by atoms with Gasteiger partial charge in [-0.3, -0.25) is 14.8 Å². The van der Waals surface area contributed by atoms with Crippen LogP contribution < -0.4 is 15.4 Å². The summed E-state index contributed by atoms with van der Waals surface area (Å²) >= 11 is 5.09. The highest BCUT2D eigenvalue weighted by atomic mass is 32.2. The van der Waals surface area contributed by atoms with E-state index >= 15 is 0 Å². The molecule has 6 nitrogen and oxygen atoms in total. The highest BCUT2D eigenvalue weighted by molar-refractivity contribution is 7.92. The first kappa shape index (κ1) is 24.9. The van der Waals surface area contributed by atoms with Crippen LogP contribution in [-0.2, 0) is 21.0 Å². The summed E-state index contributed by atoms with van der Waals surface area (Å²) < 4.78 is 65.2. The molecular weight excluding hydrogens is 487 g/mol. The number of hydrogen-bond donors (Lipinski definition) is 3. The van der Waals surface area contributed by atoms with Crippen molar-refractivity contribution in [3.63, 3.8) is 0 Å². The van der Waals surface area contributed by atoms with Crippen molar-refractivity contribution in [2.75, 3.05) is 10.0 Å². The van der Waals surface area contributed by atoms with Crippen molar-refractivity contribution in [1.29, 1.82) is 0 Å². The molecule has 1 amide bonds. The summed E-state index contributed by atoms with van der Waals surface area (Å²) in [7, 11) is -4.03. The Balaban J connectivity index is 1.57. The molecule has 11 heteroatoms. The molecule has 0 saturated heterocycles. The summed E-state index contributed by atoms with van der Waals surface area (Å²) in [6.45, 7) is 0. The fourth-order valence-electron chi connectivity index (χ4n) is 2.71. The molecule has 0 bridgehead atoms. The topological polar surface area (TPSA) is 87.3 Å². The minimum Gasteiger partial charge on any atom is -0.332 e. The number of anilines is 2. The molecule has 0 fully saturated rings. The lowest BCUT2D eigenvalue weighted by molar-refractivity contribution is -0.137. The van der Waals surface area contributed by atoms with E-state index in [0.717, 1.165) is 29.8 Å². The Hall–Kier alpha value is -3.70. The number of carbonyl (C=O) groups excluding carboxylic acids is 1. The summed E-state index contributed by atoms with van der Waals surface area (Å²) in [6.07, 6.45) is -1.56. The maximum Gasteiger partial charge on any atom is 0.416 e. The second-order valence-corrected chi connectivity index (χ2v) is 8.98. The Kier molecular flexibility index (Phi) is 7.69. The van der Waals surface area contributed by atoms with E-state index in [1.165, 1.54) is 30.3 Å². The molecule has 0 spiro atoms. The van der Waals surface area contributed by atoms with Crippen LogP contribution in [0.25, 0.3) is 6.08 Å². The first-order chi connectivity index (χ1) is 16.0. The number of halogens is 3. The number of nitrogens with one attached hydrogen (secondary N) is 3. The molecule has 0 aliphatic rings. The van der Waals surface area contributed by atoms with Crippen LogP contribution in [0.3, 0.4) is 0 Å². The predicted molar refractivity (Wildman–Crippen MR) is 129 cm³/mol. The third kappa shape index (κ3) is 7.15. The van der Waals surface area contributed by atoms with Crippen LogP contribution in [0.2, 0.25) is 0 Å². The van der Waals surface area contributed by atoms with E-state index in [1.54, 1.807) is 6.08 Å². The van der Waals surface area contributed by atoms with Crippen LogP contribution in [0.1, 0.15) is 11.1 Å². The van der Waals surface area contributed by atoms with Crippen molar-refractivity contribution in [3.05, 3.63) is 96.1 Å². The molecule has 3 N–H and O–H groups in total. The predicted octanol–water partition coefficient (Wildman–Crippen LogP) is 5.03. The number of rotatable bonds is 6. The molecule has 0 atom stereocenters. The number of thiocarbonyl (C=S) groups is 1. The monoisotopic (exact) mass is 505 g/mol. The highest BCUT2D eigenvalue weighted by Crippen LogP contribution is 2.30. The Bertz CT molecular complexity index is 1290. The standard InChI is InChI=1S/C23H18F3N3O3S2/c24-23(25,26)17-7-9-19(10-8-17)29-34(31,32)20-13-11-18(12-14-20)27-22(33)28-21(30)15-6-16-4-2-1-3-5-16/h1-15,29H,(H2,27,28,30,33). The Morgan fingerprint density at radius 1 is 0.853 bits per heavy atom. The summed E-state index contributed by atoms with van der Waals surface area (Å²) in [6, 6.07) is 18.3. The summed E-state index contributed by atoms with van der Waals surface area (Å²) in [5.74, 6) is -0.443. The van der Waals surface area contributed by atoms with Gasteiger partial charge >= 0.3 is 6.18 Å². The molecule has 0 unspecified atom stereocenters. The maximum atomic E-state index is 12.6. The van der Waals surface area contributed by atoms with Gasteiger partial charge in [-0.25, -0.2) is 8.42 Å². The summed E-state index contributed by atoms with van der Waals surface area (Å²) in [5, 5.41) is 5.25. The lowest BCUT2D eigenvalue weighted by Gasteiger charge is -2.11. The average Bonchev–Trinajstić information content (AvgIpc) is 2.78. The minimum atomic E-state index is -4.52. The molecule has 0 aliphatic carbocycles. The molecule has 0 heterocycles. The number of alkyl halides is 3. The fourth-order valence-corrected chi connectivity index (χ4v) is 3.99. The second-order valence-electron chi connectivity index (χ2n) is 6.89. The van der Waals surface area contributed by atoms with Gasteiger partial charge in [0.05, 0.1) is 10.5 Å². The van der Waals surface area contributed by atoms with Crippen molar-refractivity contribution in [3.8, 4) is 0 Å². The van der Waals surface area contributed by atoms with E-state index in [-0.39, 0.29) is 15.7 Å². The molecule has 0 aromatic heterocycles. The van der Waals surface area contributed by atoms with E-state index in [1.807, 2.05) is 30.3 Å². The van der Waals surface area contributed by atoms with Crippen LogP contribution in [0.5, 0.6) is 0 Å². The lowest BCUT2D eigenvalue weighted by Crippen LogP contribution is -2.32. The minimum absolute atomic E-state index is 0.0114. The van der Waals surface area contributed by atoms with Gasteiger partial charge in [-0.15, -0.1) is 0 Å². The third-order valence-corrected chi connectivity index (χ3v) is 5.95. The zero-order valence-corrected chi connectivity index (χ0v) is 19.0. The first-order valence-electron chi connectivity index (χ1n) is 9.68. The summed E-state index contributed by atoms with van der Waals surface area (Å²) in [5.41, 5.74) is 0.371. The van der Waals surface area contributed by atoms with Gasteiger partial charge in [0.15, 0.2) is 5.11 Å². The Labute approximate surface area is 199 Å². The van der Waals surface area contributed by atoms with Crippen LogP contribution in [0.15, 0.2) is 89.8 Å². The molecule has 3 rings (SSSR count). The van der Waals surface area contributed by atoms with Crippen molar-refractivity contribution >= 4 is 50.7 Å². The van der Waals surface area contributed by atoms with E-state index in [2.05, 4.69) is 15.4 Å². The Morgan fingerprint density at radius 3 is 2.03 bits per heavy atom. The average molecular weight is 506 g/mol. The normalized spacial score (nSPS) is 11.7. The van der Waals surface area contributed by atoms with Gasteiger partial charge in [0, 0.05) is 17.5 Å². The number of sulfonamides is 1. The second kappa shape index (κ2) is 10.5. The lowest BCUT2D eigenvalue weighted by atomic mass is 10.2. The molecule has 0 saturated carbocycles. The fraction of sp³-hybridized carbons (Fsp3) is 0.0435. The van der Waals surface area contributed by atoms with Gasteiger partial charge < -0.3 is 5.32 Å². The molecule has 0 radical (unpaired) electrons. The van der Waals surface area contributed by atoms with Gasteiger partial charge in [0.1, 0.15) is 0 Å². The number of benzene rings is 3. The molecule has 3 aromatic rings. The number of carbonyl (C=O) groups is 1. The Morgan fingerprint density at radius 2 is 1.44 bits per heavy atom. The highest BCUT2D eigenvalue weighted by Gasteiger charge is 2.30. The van der Waals surface area contributed by atoms with Crippen LogP contribution in [-0.4, -0.2) is 19.4 Å². The van der Waals surface area contributed by atoms with E-state index < -0.39 is 27.7 Å². The van der Waals surface area contributed by atoms with E-state index in [4.69, 9.17) is 12.2 Å². The van der Waals surface area contributed by atoms with E-state index in [0.29, 0.717) is 5.69 Å². The third-order valence-electron chi connectivity index (χ3n) is 4.35. The van der Waals surface area contributed by atoms with Crippen molar-refractivity contribution in [2.24, 2.45) is 0 Å². The van der Waals surface area contributed by atoms with Crippen molar-refractivity contribution in [1.82, 2.24) is 5.32 Å². The first-order valence-corrected chi connectivity index (χ1v) is 11.6. The number of hydrogen-bond acceptors (Lipinski definition) is 4. The van der Waals surface area contributed by atoms with Gasteiger partial charge in [-0.05, 0) is 72.4 Å². The van der Waals surface area contributed by atoms with Crippen LogP contribution in [0.4, 0.5) is 24.5 Å². The zero-order chi connectivity index (χ0) is 24.8. The quantitative estimate of drug-likeness (QED) is 0.323. The molecule has 34 heavy (non-hydrogen) atoms. The van der Waals surface area contributed by atoms with Gasteiger partial charge in [0.2, 0.25) is 5.91 Å². The van der Waals surface area contributed by atoms with Crippen molar-refractivity contribution in [2.45, 2.75) is 11.1 Å². The molecular formula is C23H18F3N3O3S2. The van der Waals surface area contributed by atoms with E-state index in [9.17, 15) is 26.4 Å². The smallest absolute Gasteiger partial charge is 0.332 e. The molecule has 176 valence electrons. The molecule has 0 aliphatic heterocycles. The molecule has 3 aromatic carbocycles.